The highest BCUT2D eigenvalue weighted by atomic mass is 32.1. The molecule has 0 aliphatic heterocycles. The van der Waals surface area contributed by atoms with Gasteiger partial charge in [-0.05, 0) is 12.5 Å². The molecule has 0 bridgehead atoms. The van der Waals surface area contributed by atoms with Crippen LogP contribution in [-0.2, 0) is 6.42 Å². The number of amides is 1. The minimum absolute atomic E-state index is 0.0738. The van der Waals surface area contributed by atoms with Gasteiger partial charge >= 0.3 is 11.9 Å². The second-order valence-corrected chi connectivity index (χ2v) is 5.72. The molecule has 1 amide bonds. The summed E-state index contributed by atoms with van der Waals surface area (Å²) in [6.07, 6.45) is 1.81. The standard InChI is InChI=1S/C14H12N4O4S/c1-3-8-10(22-6(2)16-8)12(19)18-14-17-11-9(23-14)4-7(5-15-11)13(20)21/h4-5H,3H2,1-2H3,(H,20,21)(H,15,17,18,19). The Bertz CT molecular complexity index is 982. The summed E-state index contributed by atoms with van der Waals surface area (Å²) < 4.78 is 5.91. The molecule has 0 radical (unpaired) electrons. The van der Waals surface area contributed by atoms with E-state index in [2.05, 4.69) is 19.9 Å². The molecule has 118 valence electrons. The molecule has 0 saturated carbocycles. The molecule has 0 atom stereocenters. The number of aryl methyl sites for hydroxylation is 2. The number of rotatable bonds is 3. The van der Waals surface area contributed by atoms with Gasteiger partial charge in [-0.1, -0.05) is 18.3 Å². The average Bonchev–Trinajstić information content (AvgIpc) is 3.08. The summed E-state index contributed by atoms with van der Waals surface area (Å²) in [4.78, 5) is 38.5. The Morgan fingerprint density at radius 1 is 1.48 bits per heavy atom. The summed E-state index contributed by atoms with van der Waals surface area (Å²) >= 11 is 1.14. The zero-order valence-electron chi connectivity index (χ0n) is 12.3. The lowest BCUT2D eigenvalue weighted by molar-refractivity contribution is 0.0696. The maximum Gasteiger partial charge on any atom is 0.337 e. The molecule has 0 fully saturated rings. The summed E-state index contributed by atoms with van der Waals surface area (Å²) in [5, 5.41) is 8.96. The highest BCUT2D eigenvalue weighted by Gasteiger charge is 2.17. The van der Waals surface area contributed by atoms with Gasteiger partial charge in [0.25, 0.3) is 0 Å². The van der Waals surface area contributed by atoms with E-state index in [0.717, 1.165) is 11.3 Å². The van der Waals surface area contributed by atoms with Crippen molar-refractivity contribution in [2.24, 2.45) is 4.99 Å². The number of aromatic amines is 1. The number of carbonyl (C=O) groups is 2. The molecule has 0 saturated heterocycles. The van der Waals surface area contributed by atoms with Crippen molar-refractivity contribution in [3.8, 4) is 0 Å². The summed E-state index contributed by atoms with van der Waals surface area (Å²) in [5.41, 5.74) is 1.10. The van der Waals surface area contributed by atoms with Crippen LogP contribution in [0.2, 0.25) is 0 Å². The lowest BCUT2D eigenvalue weighted by Gasteiger charge is -1.91. The number of pyridine rings is 1. The van der Waals surface area contributed by atoms with Gasteiger partial charge in [0, 0.05) is 13.1 Å². The molecule has 0 aliphatic rings. The smallest absolute Gasteiger partial charge is 0.337 e. The zero-order chi connectivity index (χ0) is 16.6. The zero-order valence-corrected chi connectivity index (χ0v) is 13.1. The van der Waals surface area contributed by atoms with Gasteiger partial charge < -0.3 is 14.5 Å². The fourth-order valence-electron chi connectivity index (χ4n) is 2.03. The van der Waals surface area contributed by atoms with E-state index in [-0.39, 0.29) is 11.3 Å². The number of hydrogen-bond donors (Lipinski definition) is 2. The van der Waals surface area contributed by atoms with Crippen LogP contribution in [-0.4, -0.2) is 31.9 Å². The third-order valence-electron chi connectivity index (χ3n) is 3.07. The van der Waals surface area contributed by atoms with Crippen molar-refractivity contribution in [1.29, 1.82) is 0 Å². The predicted octanol–water partition coefficient (Wildman–Crippen LogP) is 1.92. The second kappa shape index (κ2) is 5.76. The van der Waals surface area contributed by atoms with Crippen LogP contribution in [0.25, 0.3) is 10.3 Å². The predicted molar refractivity (Wildman–Crippen MR) is 81.4 cm³/mol. The first-order chi connectivity index (χ1) is 11.0. The number of fused-ring (bicyclic) bond motifs is 1. The van der Waals surface area contributed by atoms with Crippen molar-refractivity contribution < 1.29 is 19.1 Å². The molecule has 23 heavy (non-hydrogen) atoms. The topological polar surface area (TPSA) is 121 Å². The third-order valence-corrected chi connectivity index (χ3v) is 3.99. The number of nitrogens with zero attached hydrogens (tertiary/aromatic N) is 3. The van der Waals surface area contributed by atoms with E-state index >= 15 is 0 Å². The lowest BCUT2D eigenvalue weighted by Crippen LogP contribution is -2.06. The molecule has 3 heterocycles. The number of H-pyrrole nitrogens is 1. The van der Waals surface area contributed by atoms with Gasteiger partial charge in [-0.15, -0.1) is 0 Å². The number of hydrogen-bond acceptors (Lipinski definition) is 6. The summed E-state index contributed by atoms with van der Waals surface area (Å²) in [6.45, 7) is 3.54. The first-order valence-corrected chi connectivity index (χ1v) is 7.57. The molecule has 3 aromatic rings. The van der Waals surface area contributed by atoms with E-state index in [0.29, 0.717) is 33.2 Å². The second-order valence-electron chi connectivity index (χ2n) is 4.69. The number of oxazole rings is 1. The Kier molecular flexibility index (Phi) is 3.78. The van der Waals surface area contributed by atoms with E-state index in [1.807, 2.05) is 6.92 Å². The average molecular weight is 332 g/mol. The molecule has 3 aromatic heterocycles. The van der Waals surface area contributed by atoms with E-state index in [1.165, 1.54) is 12.3 Å². The van der Waals surface area contributed by atoms with Crippen molar-refractivity contribution in [3.05, 3.63) is 40.0 Å². The molecule has 0 aromatic carbocycles. The fraction of sp³-hybridized carbons (Fsp3) is 0.214. The van der Waals surface area contributed by atoms with Crippen LogP contribution in [0, 0.1) is 6.92 Å². The van der Waals surface area contributed by atoms with Gasteiger partial charge in [0.2, 0.25) is 5.76 Å². The minimum atomic E-state index is -1.06. The molecular weight excluding hydrogens is 320 g/mol. The highest BCUT2D eigenvalue weighted by molar-refractivity contribution is 7.16. The number of carboxylic acid groups (broad SMARTS) is 1. The van der Waals surface area contributed by atoms with Crippen LogP contribution >= 0.6 is 11.3 Å². The van der Waals surface area contributed by atoms with E-state index in [1.54, 1.807) is 6.92 Å². The van der Waals surface area contributed by atoms with Gasteiger partial charge in [0.1, 0.15) is 5.65 Å². The Hall–Kier alpha value is -2.81. The molecule has 0 aliphatic carbocycles. The van der Waals surface area contributed by atoms with Crippen molar-refractivity contribution in [1.82, 2.24) is 15.0 Å². The van der Waals surface area contributed by atoms with Gasteiger partial charge in [-0.2, -0.15) is 4.99 Å². The number of carbonyl (C=O) groups excluding carboxylic acids is 1. The van der Waals surface area contributed by atoms with Crippen molar-refractivity contribution in [2.75, 3.05) is 0 Å². The van der Waals surface area contributed by atoms with Crippen LogP contribution in [0.4, 0.5) is 0 Å². The van der Waals surface area contributed by atoms with E-state index in [9.17, 15) is 9.59 Å². The maximum absolute atomic E-state index is 12.2. The maximum atomic E-state index is 12.2. The number of carboxylic acids is 1. The summed E-state index contributed by atoms with van der Waals surface area (Å²) in [6, 6.07) is 1.48. The highest BCUT2D eigenvalue weighted by Crippen LogP contribution is 2.15. The molecule has 8 nitrogen and oxygen atoms in total. The number of thiazole rings is 1. The largest absolute Gasteiger partial charge is 0.478 e. The normalized spacial score (nSPS) is 12.0. The Morgan fingerprint density at radius 2 is 2.26 bits per heavy atom. The lowest BCUT2D eigenvalue weighted by atomic mass is 10.3. The first-order valence-electron chi connectivity index (χ1n) is 6.75. The van der Waals surface area contributed by atoms with E-state index in [4.69, 9.17) is 9.52 Å². The molecule has 0 spiro atoms. The Morgan fingerprint density at radius 3 is 2.96 bits per heavy atom. The van der Waals surface area contributed by atoms with Crippen LogP contribution in [0.15, 0.2) is 21.7 Å². The van der Waals surface area contributed by atoms with Crippen LogP contribution in [0.3, 0.4) is 0 Å². The van der Waals surface area contributed by atoms with Crippen LogP contribution in [0.5, 0.6) is 0 Å². The SMILES string of the molecule is CCc1nc(C)oc1C(=O)N=c1[nH]c2ncc(C(=O)O)cc2s1. The van der Waals surface area contributed by atoms with Crippen molar-refractivity contribution in [2.45, 2.75) is 20.3 Å². The molecular formula is C14H12N4O4S. The van der Waals surface area contributed by atoms with Gasteiger partial charge in [-0.25, -0.2) is 14.8 Å². The first kappa shape index (κ1) is 15.1. The third kappa shape index (κ3) is 2.90. The summed E-state index contributed by atoms with van der Waals surface area (Å²) in [7, 11) is 0. The van der Waals surface area contributed by atoms with Gasteiger partial charge in [0.15, 0.2) is 10.7 Å². The Balaban J connectivity index is 2.03. The molecule has 0 unspecified atom stereocenters. The van der Waals surface area contributed by atoms with Gasteiger partial charge in [-0.3, -0.25) is 4.79 Å². The van der Waals surface area contributed by atoms with Crippen LogP contribution < -0.4 is 4.80 Å². The number of aromatic carboxylic acids is 1. The summed E-state index contributed by atoms with van der Waals surface area (Å²) in [5.74, 6) is -1.07. The monoisotopic (exact) mass is 332 g/mol. The van der Waals surface area contributed by atoms with Gasteiger partial charge in [0.05, 0.1) is 16.0 Å². The Labute approximate surface area is 133 Å². The van der Waals surface area contributed by atoms with Crippen LogP contribution in [0.1, 0.15) is 39.4 Å². The number of nitrogens with one attached hydrogen (secondary N) is 1. The van der Waals surface area contributed by atoms with Crippen molar-refractivity contribution >= 4 is 33.6 Å². The quantitative estimate of drug-likeness (QED) is 0.755. The molecule has 9 heteroatoms. The fourth-order valence-corrected chi connectivity index (χ4v) is 2.91. The minimum Gasteiger partial charge on any atom is -0.478 e. The number of aromatic nitrogens is 3. The molecule has 2 N–H and O–H groups in total. The molecule has 3 rings (SSSR count). The van der Waals surface area contributed by atoms with Crippen molar-refractivity contribution in [3.63, 3.8) is 0 Å². The van der Waals surface area contributed by atoms with E-state index < -0.39 is 11.9 Å².